The lowest BCUT2D eigenvalue weighted by atomic mass is 9.68. The van der Waals surface area contributed by atoms with Gasteiger partial charge >= 0.3 is 0 Å². The van der Waals surface area contributed by atoms with E-state index in [0.29, 0.717) is 0 Å². The molecule has 7 rings (SSSR count). The maximum Gasteiger partial charge on any atom is 0.130 e. The Bertz CT molecular complexity index is 1400. The van der Waals surface area contributed by atoms with Crippen LogP contribution >= 0.6 is 0 Å². The van der Waals surface area contributed by atoms with E-state index in [9.17, 15) is 0 Å². The van der Waals surface area contributed by atoms with Crippen LogP contribution in [0.1, 0.15) is 35.1 Å². The lowest BCUT2D eigenvalue weighted by Gasteiger charge is -2.33. The van der Waals surface area contributed by atoms with Gasteiger partial charge in [-0.15, -0.1) is 0 Å². The third-order valence-corrected chi connectivity index (χ3v) is 7.23. The van der Waals surface area contributed by atoms with Crippen molar-refractivity contribution in [1.29, 1.82) is 0 Å². The number of anilines is 2. The first-order valence-corrected chi connectivity index (χ1v) is 11.3. The zero-order valence-electron chi connectivity index (χ0n) is 17.7. The van der Waals surface area contributed by atoms with E-state index >= 15 is 0 Å². The Morgan fingerprint density at radius 1 is 0.719 bits per heavy atom. The number of rotatable bonds is 2. The lowest BCUT2D eigenvalue weighted by molar-refractivity contribution is 0.714. The van der Waals surface area contributed by atoms with Crippen LogP contribution in [0.25, 0.3) is 16.7 Å². The molecule has 0 saturated heterocycles. The number of nitrogens with one attached hydrogen (secondary N) is 1. The van der Waals surface area contributed by atoms with Crippen molar-refractivity contribution in [2.24, 2.45) is 0 Å². The van der Waals surface area contributed by atoms with Gasteiger partial charge in [-0.05, 0) is 81.6 Å². The lowest BCUT2D eigenvalue weighted by Crippen LogP contribution is -2.27. The van der Waals surface area contributed by atoms with Gasteiger partial charge in [-0.1, -0.05) is 72.8 Å². The SMILES string of the molecule is C1=CC2=C(CC1)C1(c3cc(Nc4ccccn4)ccc32)c2ccccc2-c2ccccc21. The van der Waals surface area contributed by atoms with Gasteiger partial charge in [0.25, 0.3) is 0 Å². The fourth-order valence-electron chi connectivity index (χ4n) is 6.07. The van der Waals surface area contributed by atoms with E-state index in [-0.39, 0.29) is 5.41 Å². The maximum atomic E-state index is 4.47. The van der Waals surface area contributed by atoms with E-state index in [1.165, 1.54) is 39.0 Å². The molecule has 0 saturated carbocycles. The van der Waals surface area contributed by atoms with Gasteiger partial charge in [0, 0.05) is 11.9 Å². The molecule has 0 unspecified atom stereocenters. The molecule has 32 heavy (non-hydrogen) atoms. The van der Waals surface area contributed by atoms with E-state index in [2.05, 4.69) is 89.2 Å². The van der Waals surface area contributed by atoms with Crippen LogP contribution in [0.2, 0.25) is 0 Å². The summed E-state index contributed by atoms with van der Waals surface area (Å²) in [6, 6.07) is 30.8. The van der Waals surface area contributed by atoms with E-state index in [1.54, 1.807) is 5.57 Å². The average Bonchev–Trinajstić information content (AvgIpc) is 3.32. The van der Waals surface area contributed by atoms with E-state index in [0.717, 1.165) is 24.3 Å². The van der Waals surface area contributed by atoms with Gasteiger partial charge in [0.1, 0.15) is 5.82 Å². The van der Waals surface area contributed by atoms with Crippen molar-refractivity contribution >= 4 is 17.1 Å². The number of allylic oxidation sites excluding steroid dienone is 4. The first-order chi connectivity index (χ1) is 15.9. The Labute approximate surface area is 188 Å². The Balaban J connectivity index is 1.53. The van der Waals surface area contributed by atoms with Crippen molar-refractivity contribution in [2.45, 2.75) is 18.3 Å². The molecule has 152 valence electrons. The highest BCUT2D eigenvalue weighted by Crippen LogP contribution is 2.63. The van der Waals surface area contributed by atoms with Crippen molar-refractivity contribution in [3.05, 3.63) is 131 Å². The van der Waals surface area contributed by atoms with Crippen LogP contribution < -0.4 is 5.32 Å². The molecule has 1 N–H and O–H groups in total. The fraction of sp³-hybridized carbons (Fsp3) is 0.100. The third kappa shape index (κ3) is 2.22. The molecule has 0 radical (unpaired) electrons. The average molecular weight is 411 g/mol. The minimum absolute atomic E-state index is 0.218. The molecule has 4 aromatic rings. The van der Waals surface area contributed by atoms with Gasteiger partial charge in [0.05, 0.1) is 5.41 Å². The topological polar surface area (TPSA) is 24.9 Å². The predicted octanol–water partition coefficient (Wildman–Crippen LogP) is 7.26. The summed E-state index contributed by atoms with van der Waals surface area (Å²) in [4.78, 5) is 4.47. The van der Waals surface area contributed by atoms with Gasteiger partial charge in [-0.2, -0.15) is 0 Å². The zero-order chi connectivity index (χ0) is 21.1. The number of aromatic nitrogens is 1. The molecule has 2 nitrogen and oxygen atoms in total. The summed E-state index contributed by atoms with van der Waals surface area (Å²) in [6.07, 6.45) is 8.69. The van der Waals surface area contributed by atoms with Crippen molar-refractivity contribution in [3.63, 3.8) is 0 Å². The molecule has 3 aromatic carbocycles. The first kappa shape index (κ1) is 17.7. The second-order valence-corrected chi connectivity index (χ2v) is 8.77. The third-order valence-electron chi connectivity index (χ3n) is 7.23. The summed E-state index contributed by atoms with van der Waals surface area (Å²) in [5.41, 5.74) is 12.1. The van der Waals surface area contributed by atoms with Gasteiger partial charge in [0.15, 0.2) is 0 Å². The van der Waals surface area contributed by atoms with Gasteiger partial charge in [-0.3, -0.25) is 0 Å². The predicted molar refractivity (Wildman–Crippen MR) is 131 cm³/mol. The molecular formula is C30H22N2. The molecular weight excluding hydrogens is 388 g/mol. The highest BCUT2D eigenvalue weighted by atomic mass is 15.0. The smallest absolute Gasteiger partial charge is 0.130 e. The van der Waals surface area contributed by atoms with E-state index < -0.39 is 0 Å². The van der Waals surface area contributed by atoms with Crippen molar-refractivity contribution in [2.75, 3.05) is 5.32 Å². The van der Waals surface area contributed by atoms with Gasteiger partial charge < -0.3 is 5.32 Å². The highest BCUT2D eigenvalue weighted by Gasteiger charge is 2.52. The minimum atomic E-state index is -0.218. The molecule has 0 aliphatic heterocycles. The molecule has 0 bridgehead atoms. The quantitative estimate of drug-likeness (QED) is 0.376. The number of fused-ring (bicyclic) bond motifs is 9. The maximum absolute atomic E-state index is 4.47. The monoisotopic (exact) mass is 410 g/mol. The van der Waals surface area contributed by atoms with Crippen molar-refractivity contribution in [1.82, 2.24) is 4.98 Å². The molecule has 1 heterocycles. The highest BCUT2D eigenvalue weighted by molar-refractivity contribution is 5.97. The van der Waals surface area contributed by atoms with Crippen LogP contribution in [0.3, 0.4) is 0 Å². The second kappa shape index (κ2) is 6.54. The number of benzene rings is 3. The fourth-order valence-corrected chi connectivity index (χ4v) is 6.07. The molecule has 3 aliphatic rings. The van der Waals surface area contributed by atoms with Crippen LogP contribution in [-0.4, -0.2) is 4.98 Å². The minimum Gasteiger partial charge on any atom is -0.340 e. The Hall–Kier alpha value is -3.91. The van der Waals surface area contributed by atoms with E-state index in [1.807, 2.05) is 24.4 Å². The van der Waals surface area contributed by atoms with Crippen molar-refractivity contribution < 1.29 is 0 Å². The number of hydrogen-bond donors (Lipinski definition) is 1. The first-order valence-electron chi connectivity index (χ1n) is 11.3. The zero-order valence-corrected chi connectivity index (χ0v) is 17.7. The number of nitrogens with zero attached hydrogens (tertiary/aromatic N) is 1. The van der Waals surface area contributed by atoms with Crippen molar-refractivity contribution in [3.8, 4) is 11.1 Å². The van der Waals surface area contributed by atoms with Crippen LogP contribution in [-0.2, 0) is 5.41 Å². The molecule has 0 fully saturated rings. The summed E-state index contributed by atoms with van der Waals surface area (Å²) < 4.78 is 0. The van der Waals surface area contributed by atoms with Gasteiger partial charge in [0.2, 0.25) is 0 Å². The summed E-state index contributed by atoms with van der Waals surface area (Å²) in [7, 11) is 0. The van der Waals surface area contributed by atoms with E-state index in [4.69, 9.17) is 0 Å². The molecule has 0 atom stereocenters. The molecule has 1 spiro atoms. The molecule has 1 aromatic heterocycles. The standard InChI is InChI=1S/C30H22N2/c1-4-12-25-21(9-1)22-10-2-5-13-26(22)30(25)27-14-6-3-11-23(27)24-17-16-20(19-28(24)30)32-29-15-7-8-18-31-29/h1-5,7-13,15-19H,6,14H2,(H,31,32). The molecule has 0 amide bonds. The number of hydrogen-bond acceptors (Lipinski definition) is 2. The summed E-state index contributed by atoms with van der Waals surface area (Å²) in [5, 5.41) is 3.52. The number of pyridine rings is 1. The Morgan fingerprint density at radius 3 is 2.22 bits per heavy atom. The summed E-state index contributed by atoms with van der Waals surface area (Å²) >= 11 is 0. The largest absolute Gasteiger partial charge is 0.340 e. The van der Waals surface area contributed by atoms with Gasteiger partial charge in [-0.25, -0.2) is 4.98 Å². The summed E-state index contributed by atoms with van der Waals surface area (Å²) in [6.45, 7) is 0. The van der Waals surface area contributed by atoms with Crippen LogP contribution in [0.4, 0.5) is 11.5 Å². The Kier molecular flexibility index (Phi) is 3.63. The molecule has 3 aliphatic carbocycles. The van der Waals surface area contributed by atoms with Crippen LogP contribution in [0.5, 0.6) is 0 Å². The van der Waals surface area contributed by atoms with Crippen LogP contribution in [0.15, 0.2) is 109 Å². The summed E-state index contributed by atoms with van der Waals surface area (Å²) in [5.74, 6) is 0.865. The normalized spacial score (nSPS) is 16.5. The molecule has 2 heteroatoms. The Morgan fingerprint density at radius 2 is 1.47 bits per heavy atom. The second-order valence-electron chi connectivity index (χ2n) is 8.77. The van der Waals surface area contributed by atoms with Crippen LogP contribution in [0, 0.1) is 0 Å².